The van der Waals surface area contributed by atoms with Crippen molar-refractivity contribution in [2.75, 3.05) is 0 Å². The molecule has 1 aliphatic carbocycles. The monoisotopic (exact) mass is 416 g/mol. The van der Waals surface area contributed by atoms with Crippen molar-refractivity contribution < 1.29 is 9.53 Å². The maximum atomic E-state index is 11.7. The Kier molecular flexibility index (Phi) is 4.79. The molecule has 2 nitrogen and oxygen atoms in total. The molecule has 0 unspecified atom stereocenters. The smallest absolute Gasteiger partial charge is 0.335 e. The fraction of sp³-hybridized carbons (Fsp3) is 0.100. The van der Waals surface area contributed by atoms with Crippen LogP contribution in [0, 0.1) is 13.8 Å². The van der Waals surface area contributed by atoms with Gasteiger partial charge in [-0.3, -0.25) is 0 Å². The van der Waals surface area contributed by atoms with Gasteiger partial charge in [0.1, 0.15) is 5.75 Å². The van der Waals surface area contributed by atoms with E-state index in [1.54, 1.807) is 0 Å². The van der Waals surface area contributed by atoms with Crippen LogP contribution in [-0.4, -0.2) is 5.97 Å². The van der Waals surface area contributed by atoms with E-state index in [1.165, 1.54) is 45.0 Å². The van der Waals surface area contributed by atoms with Crippen LogP contribution in [0.5, 0.6) is 5.75 Å². The number of hydrogen-bond donors (Lipinski definition) is 0. The second kappa shape index (κ2) is 7.65. The minimum atomic E-state index is -0.460. The average Bonchev–Trinajstić information content (AvgIpc) is 3.13. The van der Waals surface area contributed by atoms with Crippen molar-refractivity contribution in [3.8, 4) is 16.9 Å². The predicted octanol–water partition coefficient (Wildman–Crippen LogP) is 6.76. The lowest BCUT2D eigenvalue weighted by Crippen LogP contribution is -2.28. The van der Waals surface area contributed by atoms with E-state index in [1.807, 2.05) is 12.1 Å². The highest BCUT2D eigenvalue weighted by Gasteiger charge is 2.45. The molecule has 4 aromatic carbocycles. The largest absolute Gasteiger partial charge is 0.423 e. The van der Waals surface area contributed by atoms with E-state index in [0.29, 0.717) is 5.75 Å². The first-order valence-electron chi connectivity index (χ1n) is 10.8. The molecule has 0 heterocycles. The first-order chi connectivity index (χ1) is 15.6. The lowest BCUT2D eigenvalue weighted by molar-refractivity contribution is -0.128. The molecular formula is C30H24O2. The SMILES string of the molecule is C=CC(=O)Oc1ccc(C2(c3ccc(C)c(C)c3)c3ccccc3-c3ccccc32)cc1. The molecule has 0 aliphatic heterocycles. The van der Waals surface area contributed by atoms with E-state index < -0.39 is 11.4 Å². The second-order valence-electron chi connectivity index (χ2n) is 8.29. The zero-order chi connectivity index (χ0) is 22.3. The third-order valence-corrected chi connectivity index (χ3v) is 6.56. The van der Waals surface area contributed by atoms with E-state index in [0.717, 1.165) is 5.56 Å². The van der Waals surface area contributed by atoms with Crippen molar-refractivity contribution >= 4 is 5.97 Å². The molecule has 5 rings (SSSR count). The molecule has 0 N–H and O–H groups in total. The summed E-state index contributed by atoms with van der Waals surface area (Å²) in [4.78, 5) is 11.7. The van der Waals surface area contributed by atoms with Crippen LogP contribution in [0.15, 0.2) is 104 Å². The Morgan fingerprint density at radius 3 is 1.88 bits per heavy atom. The van der Waals surface area contributed by atoms with Gasteiger partial charge in [-0.25, -0.2) is 4.79 Å². The first kappa shape index (κ1) is 20.0. The number of hydrogen-bond acceptors (Lipinski definition) is 2. The normalized spacial score (nSPS) is 13.2. The fourth-order valence-electron chi connectivity index (χ4n) is 4.93. The number of rotatable bonds is 4. The number of benzene rings is 4. The Morgan fingerprint density at radius 2 is 1.31 bits per heavy atom. The molecule has 4 aromatic rings. The molecule has 1 aliphatic rings. The highest BCUT2D eigenvalue weighted by atomic mass is 16.5. The van der Waals surface area contributed by atoms with Gasteiger partial charge < -0.3 is 4.74 Å². The Morgan fingerprint density at radius 1 is 0.750 bits per heavy atom. The maximum Gasteiger partial charge on any atom is 0.335 e. The lowest BCUT2D eigenvalue weighted by Gasteiger charge is -2.34. The van der Waals surface area contributed by atoms with Gasteiger partial charge in [0.15, 0.2) is 0 Å². The summed E-state index contributed by atoms with van der Waals surface area (Å²) in [6.45, 7) is 7.79. The Hall–Kier alpha value is -3.91. The quantitative estimate of drug-likeness (QED) is 0.184. The van der Waals surface area contributed by atoms with Gasteiger partial charge in [0.05, 0.1) is 5.41 Å². The number of carbonyl (C=O) groups is 1. The van der Waals surface area contributed by atoms with Crippen LogP contribution >= 0.6 is 0 Å². The van der Waals surface area contributed by atoms with E-state index in [9.17, 15) is 4.79 Å². The van der Waals surface area contributed by atoms with Crippen molar-refractivity contribution in [3.63, 3.8) is 0 Å². The Balaban J connectivity index is 1.82. The van der Waals surface area contributed by atoms with Crippen LogP contribution in [0.4, 0.5) is 0 Å². The molecule has 0 radical (unpaired) electrons. The highest BCUT2D eigenvalue weighted by Crippen LogP contribution is 2.56. The number of esters is 1. The fourth-order valence-corrected chi connectivity index (χ4v) is 4.93. The standard InChI is InChI=1S/C30H24O2/c1-4-29(31)32-24-17-15-22(16-18-24)30(23-14-13-20(2)21(3)19-23)27-11-7-5-9-25(27)26-10-6-8-12-28(26)30/h4-19H,1H2,2-3H3. The molecule has 0 saturated carbocycles. The summed E-state index contributed by atoms with van der Waals surface area (Å²) in [5.74, 6) is 0.0478. The van der Waals surface area contributed by atoms with Crippen molar-refractivity contribution in [3.05, 3.63) is 137 Å². The molecule has 0 fully saturated rings. The molecule has 0 saturated heterocycles. The number of carbonyl (C=O) groups excluding carboxylic acids is 1. The van der Waals surface area contributed by atoms with Crippen LogP contribution in [-0.2, 0) is 10.2 Å². The van der Waals surface area contributed by atoms with E-state index in [2.05, 4.69) is 99.3 Å². The summed E-state index contributed by atoms with van der Waals surface area (Å²) in [5.41, 5.74) is 9.49. The van der Waals surface area contributed by atoms with Crippen LogP contribution in [0.3, 0.4) is 0 Å². The zero-order valence-electron chi connectivity index (χ0n) is 18.3. The van der Waals surface area contributed by atoms with Gasteiger partial charge in [-0.15, -0.1) is 0 Å². The zero-order valence-corrected chi connectivity index (χ0v) is 18.3. The predicted molar refractivity (Wildman–Crippen MR) is 129 cm³/mol. The second-order valence-corrected chi connectivity index (χ2v) is 8.29. The molecule has 0 bridgehead atoms. The summed E-state index contributed by atoms with van der Waals surface area (Å²) in [7, 11) is 0. The Labute approximate surface area is 188 Å². The van der Waals surface area contributed by atoms with Crippen LogP contribution in [0.1, 0.15) is 33.4 Å². The summed E-state index contributed by atoms with van der Waals surface area (Å²) in [5, 5.41) is 0. The summed E-state index contributed by atoms with van der Waals surface area (Å²) in [6, 6.07) is 31.9. The lowest BCUT2D eigenvalue weighted by atomic mass is 9.67. The van der Waals surface area contributed by atoms with Crippen LogP contribution in [0.2, 0.25) is 0 Å². The summed E-state index contributed by atoms with van der Waals surface area (Å²) < 4.78 is 5.34. The minimum absolute atomic E-state index is 0.452. The molecule has 0 aromatic heterocycles. The van der Waals surface area contributed by atoms with Gasteiger partial charge in [0, 0.05) is 6.08 Å². The summed E-state index contributed by atoms with van der Waals surface area (Å²) >= 11 is 0. The van der Waals surface area contributed by atoms with Gasteiger partial charge >= 0.3 is 5.97 Å². The van der Waals surface area contributed by atoms with E-state index in [4.69, 9.17) is 4.74 Å². The number of fused-ring (bicyclic) bond motifs is 3. The number of aryl methyl sites for hydroxylation is 2. The molecule has 156 valence electrons. The third kappa shape index (κ3) is 2.91. The molecule has 0 atom stereocenters. The summed E-state index contributed by atoms with van der Waals surface area (Å²) in [6.07, 6.45) is 1.17. The molecule has 0 amide bonds. The van der Waals surface area contributed by atoms with Crippen LogP contribution in [0.25, 0.3) is 11.1 Å². The highest BCUT2D eigenvalue weighted by molar-refractivity contribution is 5.86. The van der Waals surface area contributed by atoms with Crippen LogP contribution < -0.4 is 4.74 Å². The van der Waals surface area contributed by atoms with Crippen molar-refractivity contribution in [2.45, 2.75) is 19.3 Å². The average molecular weight is 417 g/mol. The van der Waals surface area contributed by atoms with Gasteiger partial charge in [-0.2, -0.15) is 0 Å². The van der Waals surface area contributed by atoms with E-state index in [-0.39, 0.29) is 0 Å². The minimum Gasteiger partial charge on any atom is -0.423 e. The number of ether oxygens (including phenoxy) is 1. The van der Waals surface area contributed by atoms with Gasteiger partial charge in [-0.1, -0.05) is 85.4 Å². The first-order valence-corrected chi connectivity index (χ1v) is 10.8. The molecule has 2 heteroatoms. The van der Waals surface area contributed by atoms with Gasteiger partial charge in [-0.05, 0) is 70.5 Å². The maximum absolute atomic E-state index is 11.7. The van der Waals surface area contributed by atoms with Gasteiger partial charge in [0.2, 0.25) is 0 Å². The van der Waals surface area contributed by atoms with Gasteiger partial charge in [0.25, 0.3) is 0 Å². The topological polar surface area (TPSA) is 26.3 Å². The molecule has 0 spiro atoms. The molecule has 32 heavy (non-hydrogen) atoms. The van der Waals surface area contributed by atoms with Crippen molar-refractivity contribution in [2.24, 2.45) is 0 Å². The van der Waals surface area contributed by atoms with E-state index >= 15 is 0 Å². The Bertz CT molecular complexity index is 1300. The van der Waals surface area contributed by atoms with Crippen molar-refractivity contribution in [1.29, 1.82) is 0 Å². The van der Waals surface area contributed by atoms with Crippen molar-refractivity contribution in [1.82, 2.24) is 0 Å². The molecular weight excluding hydrogens is 392 g/mol. The third-order valence-electron chi connectivity index (χ3n) is 6.56.